The number of carbonyl (C=O) groups excluding carboxylic acids is 1. The highest BCUT2D eigenvalue weighted by Crippen LogP contribution is 2.39. The van der Waals surface area contributed by atoms with E-state index in [1.165, 1.54) is 4.90 Å². The number of nitrogens with one attached hydrogen (secondary N) is 1. The zero-order chi connectivity index (χ0) is 15.6. The van der Waals surface area contributed by atoms with Crippen LogP contribution in [0, 0.1) is 5.92 Å². The fraction of sp³-hybridized carbons (Fsp3) is 0.846. The Balaban J connectivity index is 2.00. The Kier molecular flexibility index (Phi) is 4.75. The van der Waals surface area contributed by atoms with E-state index in [0.29, 0.717) is 6.42 Å². The monoisotopic (exact) mass is 308 g/mol. The molecule has 8 heteroatoms. The summed E-state index contributed by atoms with van der Waals surface area (Å²) in [7, 11) is 0. The molecule has 1 saturated heterocycles. The summed E-state index contributed by atoms with van der Waals surface area (Å²) in [4.78, 5) is 24.7. The van der Waals surface area contributed by atoms with Crippen molar-refractivity contribution in [2.45, 2.75) is 50.4 Å². The van der Waals surface area contributed by atoms with Crippen molar-refractivity contribution in [3.63, 3.8) is 0 Å². The summed E-state index contributed by atoms with van der Waals surface area (Å²) in [5, 5.41) is 11.3. The van der Waals surface area contributed by atoms with E-state index in [1.807, 2.05) is 5.32 Å². The molecular formula is C13H19F3N2O3. The second-order valence-electron chi connectivity index (χ2n) is 5.72. The molecule has 120 valence electrons. The number of amides is 1. The molecule has 2 fully saturated rings. The van der Waals surface area contributed by atoms with Gasteiger partial charge in [-0.25, -0.2) is 4.79 Å². The van der Waals surface area contributed by atoms with E-state index in [1.54, 1.807) is 0 Å². The van der Waals surface area contributed by atoms with Crippen molar-refractivity contribution in [3.8, 4) is 0 Å². The molecule has 3 atom stereocenters. The Morgan fingerprint density at radius 1 is 1.24 bits per heavy atom. The van der Waals surface area contributed by atoms with Crippen LogP contribution in [-0.2, 0) is 9.59 Å². The standard InChI is InChI=1S/C13H19F3N2O3/c14-13(15,16)7-17-6-11(19)18-9-4-2-1-3-8(9)5-10(18)12(20)21/h8-10,17H,1-7H2,(H,20,21). The SMILES string of the molecule is O=C(O)C1CC2CCCCC2N1C(=O)CNCC(F)(F)F. The van der Waals surface area contributed by atoms with Gasteiger partial charge in [-0.3, -0.25) is 4.79 Å². The zero-order valence-corrected chi connectivity index (χ0v) is 11.5. The molecule has 21 heavy (non-hydrogen) atoms. The lowest BCUT2D eigenvalue weighted by atomic mass is 9.85. The highest BCUT2D eigenvalue weighted by atomic mass is 19.4. The summed E-state index contributed by atoms with van der Waals surface area (Å²) in [5.74, 6) is -1.47. The molecule has 1 amide bonds. The maximum absolute atomic E-state index is 12.1. The zero-order valence-electron chi connectivity index (χ0n) is 11.5. The summed E-state index contributed by atoms with van der Waals surface area (Å²) in [5.41, 5.74) is 0. The normalized spacial score (nSPS) is 29.3. The van der Waals surface area contributed by atoms with E-state index in [9.17, 15) is 27.9 Å². The van der Waals surface area contributed by atoms with Gasteiger partial charge in [-0.05, 0) is 25.2 Å². The molecule has 1 heterocycles. The lowest BCUT2D eigenvalue weighted by Gasteiger charge is -2.33. The number of carboxylic acid groups (broad SMARTS) is 1. The maximum atomic E-state index is 12.1. The van der Waals surface area contributed by atoms with Crippen LogP contribution in [0.5, 0.6) is 0 Å². The highest BCUT2D eigenvalue weighted by molar-refractivity contribution is 5.86. The van der Waals surface area contributed by atoms with Gasteiger partial charge in [-0.15, -0.1) is 0 Å². The summed E-state index contributed by atoms with van der Waals surface area (Å²) >= 11 is 0. The van der Waals surface area contributed by atoms with Gasteiger partial charge in [0.1, 0.15) is 6.04 Å². The van der Waals surface area contributed by atoms with Crippen LogP contribution in [0.4, 0.5) is 13.2 Å². The molecule has 2 aliphatic rings. The van der Waals surface area contributed by atoms with Gasteiger partial charge in [0.25, 0.3) is 0 Å². The second kappa shape index (κ2) is 6.21. The number of rotatable bonds is 4. The van der Waals surface area contributed by atoms with Gasteiger partial charge in [-0.2, -0.15) is 13.2 Å². The van der Waals surface area contributed by atoms with E-state index >= 15 is 0 Å². The number of hydrogen-bond acceptors (Lipinski definition) is 3. The number of hydrogen-bond donors (Lipinski definition) is 2. The van der Waals surface area contributed by atoms with Crippen LogP contribution in [0.2, 0.25) is 0 Å². The lowest BCUT2D eigenvalue weighted by molar-refractivity contribution is -0.150. The number of fused-ring (bicyclic) bond motifs is 1. The first-order chi connectivity index (χ1) is 9.79. The minimum Gasteiger partial charge on any atom is -0.480 e. The molecule has 0 aromatic carbocycles. The number of alkyl halides is 3. The fourth-order valence-corrected chi connectivity index (χ4v) is 3.44. The van der Waals surface area contributed by atoms with Crippen molar-refractivity contribution in [2.24, 2.45) is 5.92 Å². The van der Waals surface area contributed by atoms with Crippen molar-refractivity contribution in [2.75, 3.05) is 13.1 Å². The highest BCUT2D eigenvalue weighted by Gasteiger charge is 2.47. The van der Waals surface area contributed by atoms with Gasteiger partial charge in [0.05, 0.1) is 13.1 Å². The first-order valence-electron chi connectivity index (χ1n) is 7.11. The molecule has 0 radical (unpaired) electrons. The van der Waals surface area contributed by atoms with Gasteiger partial charge in [0.2, 0.25) is 5.91 Å². The Labute approximate surface area is 120 Å². The first-order valence-corrected chi connectivity index (χ1v) is 7.11. The Bertz CT molecular complexity index is 414. The molecule has 3 unspecified atom stereocenters. The Hall–Kier alpha value is -1.31. The molecule has 0 aromatic heterocycles. The van der Waals surface area contributed by atoms with Crippen molar-refractivity contribution in [1.82, 2.24) is 10.2 Å². The number of halogens is 3. The minimum atomic E-state index is -4.38. The minimum absolute atomic E-state index is 0.139. The molecule has 1 saturated carbocycles. The van der Waals surface area contributed by atoms with E-state index in [-0.39, 0.29) is 12.0 Å². The average molecular weight is 308 g/mol. The lowest BCUT2D eigenvalue weighted by Crippen LogP contribution is -2.50. The van der Waals surface area contributed by atoms with Crippen LogP contribution in [0.3, 0.4) is 0 Å². The van der Waals surface area contributed by atoms with Gasteiger partial charge in [0, 0.05) is 6.04 Å². The van der Waals surface area contributed by atoms with Crippen LogP contribution in [0.15, 0.2) is 0 Å². The fourth-order valence-electron chi connectivity index (χ4n) is 3.44. The molecule has 2 N–H and O–H groups in total. The number of likely N-dealkylation sites (tertiary alicyclic amines) is 1. The molecule has 0 spiro atoms. The predicted molar refractivity (Wildman–Crippen MR) is 67.6 cm³/mol. The van der Waals surface area contributed by atoms with Gasteiger partial charge < -0.3 is 15.3 Å². The molecule has 5 nitrogen and oxygen atoms in total. The third-order valence-corrected chi connectivity index (χ3v) is 4.26. The number of carboxylic acids is 1. The van der Waals surface area contributed by atoms with Crippen molar-refractivity contribution in [3.05, 3.63) is 0 Å². The van der Waals surface area contributed by atoms with Crippen molar-refractivity contribution < 1.29 is 27.9 Å². The van der Waals surface area contributed by atoms with Crippen LogP contribution >= 0.6 is 0 Å². The van der Waals surface area contributed by atoms with Gasteiger partial charge in [0.15, 0.2) is 0 Å². The quantitative estimate of drug-likeness (QED) is 0.823. The maximum Gasteiger partial charge on any atom is 0.401 e. The van der Waals surface area contributed by atoms with Gasteiger partial charge in [-0.1, -0.05) is 12.8 Å². The largest absolute Gasteiger partial charge is 0.480 e. The summed E-state index contributed by atoms with van der Waals surface area (Å²) in [6.45, 7) is -1.73. The topological polar surface area (TPSA) is 69.6 Å². The van der Waals surface area contributed by atoms with E-state index in [4.69, 9.17) is 0 Å². The van der Waals surface area contributed by atoms with Crippen LogP contribution in [0.25, 0.3) is 0 Å². The molecule has 2 rings (SSSR count). The van der Waals surface area contributed by atoms with Gasteiger partial charge >= 0.3 is 12.1 Å². The predicted octanol–water partition coefficient (Wildman–Crippen LogP) is 1.38. The van der Waals surface area contributed by atoms with Crippen LogP contribution in [-0.4, -0.2) is 53.2 Å². The average Bonchev–Trinajstić information content (AvgIpc) is 2.76. The Morgan fingerprint density at radius 2 is 1.90 bits per heavy atom. The molecule has 1 aliphatic heterocycles. The number of aliphatic carboxylic acids is 1. The molecular weight excluding hydrogens is 289 g/mol. The summed E-state index contributed by atoms with van der Waals surface area (Å²) < 4.78 is 36.2. The summed E-state index contributed by atoms with van der Waals surface area (Å²) in [6, 6.07) is -1.04. The van der Waals surface area contributed by atoms with E-state index in [0.717, 1.165) is 25.7 Å². The first kappa shape index (κ1) is 16.1. The molecule has 0 aromatic rings. The van der Waals surface area contributed by atoms with Crippen LogP contribution < -0.4 is 5.32 Å². The molecule has 0 bridgehead atoms. The second-order valence-corrected chi connectivity index (χ2v) is 5.72. The summed E-state index contributed by atoms with van der Waals surface area (Å²) in [6.07, 6.45) is -0.418. The van der Waals surface area contributed by atoms with E-state index in [2.05, 4.69) is 0 Å². The van der Waals surface area contributed by atoms with Crippen molar-refractivity contribution in [1.29, 1.82) is 0 Å². The smallest absolute Gasteiger partial charge is 0.401 e. The third kappa shape index (κ3) is 3.87. The molecule has 1 aliphatic carbocycles. The number of nitrogens with zero attached hydrogens (tertiary/aromatic N) is 1. The van der Waals surface area contributed by atoms with E-state index < -0.39 is 37.2 Å². The number of carbonyl (C=O) groups is 2. The van der Waals surface area contributed by atoms with Crippen LogP contribution in [0.1, 0.15) is 32.1 Å². The van der Waals surface area contributed by atoms with Crippen molar-refractivity contribution >= 4 is 11.9 Å². The Morgan fingerprint density at radius 3 is 2.52 bits per heavy atom. The third-order valence-electron chi connectivity index (χ3n) is 4.26.